The van der Waals surface area contributed by atoms with E-state index in [1.807, 2.05) is 29.7 Å². The molecule has 0 unspecified atom stereocenters. The van der Waals surface area contributed by atoms with Crippen LogP contribution in [0.2, 0.25) is 0 Å². The van der Waals surface area contributed by atoms with E-state index in [9.17, 15) is 0 Å². The van der Waals surface area contributed by atoms with Crippen LogP contribution >= 0.6 is 11.8 Å². The molecule has 0 bridgehead atoms. The number of nitrogens with two attached hydrogens (primary N) is 1. The van der Waals surface area contributed by atoms with Gasteiger partial charge >= 0.3 is 0 Å². The molecule has 5 heteroatoms. The first kappa shape index (κ1) is 11.4. The number of amidine groups is 1. The molecule has 2 heterocycles. The molecular weight excluding hydrogens is 270 g/mol. The molecule has 1 aliphatic rings. The van der Waals surface area contributed by atoms with Crippen molar-refractivity contribution in [3.63, 3.8) is 0 Å². The highest BCUT2D eigenvalue weighted by atomic mass is 32.2. The van der Waals surface area contributed by atoms with Crippen LogP contribution in [-0.4, -0.2) is 5.17 Å². The molecule has 3 N–H and O–H groups in total. The SMILES string of the molecule is NC1=NNC(c2cc3c(ccc4ccccc43)o2)=CS1. The van der Waals surface area contributed by atoms with E-state index in [1.54, 1.807) is 0 Å². The predicted octanol–water partition coefficient (Wildman–Crippen LogP) is 3.45. The highest BCUT2D eigenvalue weighted by molar-refractivity contribution is 8.16. The lowest BCUT2D eigenvalue weighted by Crippen LogP contribution is -2.16. The first-order valence-corrected chi connectivity index (χ1v) is 7.07. The fraction of sp³-hybridized carbons (Fsp3) is 0. The molecule has 0 fully saturated rings. The van der Waals surface area contributed by atoms with E-state index in [0.717, 1.165) is 22.4 Å². The van der Waals surface area contributed by atoms with Gasteiger partial charge in [-0.25, -0.2) is 0 Å². The standard InChI is InChI=1S/C15H11N3OS/c16-15-18-17-12(8-20-15)14-7-11-10-4-2-1-3-9(10)5-6-13(11)19-14/h1-8,17H,(H2,16,18). The number of furan rings is 1. The monoisotopic (exact) mass is 281 g/mol. The Kier molecular flexibility index (Phi) is 2.47. The van der Waals surface area contributed by atoms with Crippen molar-refractivity contribution in [3.8, 4) is 0 Å². The molecule has 1 aromatic heterocycles. The van der Waals surface area contributed by atoms with Crippen molar-refractivity contribution in [1.82, 2.24) is 5.43 Å². The van der Waals surface area contributed by atoms with Crippen molar-refractivity contribution in [2.75, 3.05) is 0 Å². The van der Waals surface area contributed by atoms with E-state index >= 15 is 0 Å². The summed E-state index contributed by atoms with van der Waals surface area (Å²) >= 11 is 1.38. The summed E-state index contributed by atoms with van der Waals surface area (Å²) in [5.74, 6) is 0.764. The van der Waals surface area contributed by atoms with E-state index < -0.39 is 0 Å². The lowest BCUT2D eigenvalue weighted by Gasteiger charge is -2.08. The molecule has 0 saturated carbocycles. The number of hydrogen-bond donors (Lipinski definition) is 2. The molecule has 3 aromatic rings. The summed E-state index contributed by atoms with van der Waals surface area (Å²) in [5.41, 5.74) is 10.2. The number of hydrogen-bond acceptors (Lipinski definition) is 5. The largest absolute Gasteiger partial charge is 0.454 e. The van der Waals surface area contributed by atoms with Crippen LogP contribution in [0.15, 0.2) is 57.4 Å². The number of rotatable bonds is 1. The molecule has 4 nitrogen and oxygen atoms in total. The smallest absolute Gasteiger partial charge is 0.182 e. The molecule has 0 atom stereocenters. The van der Waals surface area contributed by atoms with Crippen molar-refractivity contribution in [2.24, 2.45) is 10.8 Å². The van der Waals surface area contributed by atoms with E-state index in [0.29, 0.717) is 5.17 Å². The van der Waals surface area contributed by atoms with Crippen molar-refractivity contribution in [1.29, 1.82) is 0 Å². The van der Waals surface area contributed by atoms with Crippen LogP contribution in [0.4, 0.5) is 0 Å². The molecule has 20 heavy (non-hydrogen) atoms. The number of nitrogens with zero attached hydrogens (tertiary/aromatic N) is 1. The van der Waals surface area contributed by atoms with Gasteiger partial charge in [-0.2, -0.15) is 5.10 Å². The fourth-order valence-electron chi connectivity index (χ4n) is 2.33. The number of thioether (sulfide) groups is 1. The average molecular weight is 281 g/mol. The van der Waals surface area contributed by atoms with Crippen molar-refractivity contribution >= 4 is 44.4 Å². The second-order valence-corrected chi connectivity index (χ2v) is 5.41. The van der Waals surface area contributed by atoms with Gasteiger partial charge < -0.3 is 10.2 Å². The van der Waals surface area contributed by atoms with Crippen molar-refractivity contribution in [3.05, 3.63) is 53.6 Å². The minimum Gasteiger partial charge on any atom is -0.454 e. The zero-order chi connectivity index (χ0) is 13.5. The summed E-state index contributed by atoms with van der Waals surface area (Å²) in [5, 5.41) is 9.90. The molecule has 98 valence electrons. The number of hydrazone groups is 1. The van der Waals surface area contributed by atoms with Crippen LogP contribution in [0.1, 0.15) is 5.76 Å². The molecule has 2 aromatic carbocycles. The summed E-state index contributed by atoms with van der Waals surface area (Å²) < 4.78 is 5.90. The lowest BCUT2D eigenvalue weighted by molar-refractivity contribution is 0.593. The molecule has 1 aliphatic heterocycles. The zero-order valence-corrected chi connectivity index (χ0v) is 11.3. The number of fused-ring (bicyclic) bond motifs is 3. The Bertz CT molecular complexity index is 879. The molecule has 0 saturated heterocycles. The topological polar surface area (TPSA) is 63.5 Å². The summed E-state index contributed by atoms with van der Waals surface area (Å²) in [4.78, 5) is 0. The fourth-order valence-corrected chi connectivity index (χ4v) is 2.83. The maximum Gasteiger partial charge on any atom is 0.182 e. The van der Waals surface area contributed by atoms with Gasteiger partial charge in [0.05, 0.1) is 0 Å². The minimum atomic E-state index is 0.496. The zero-order valence-electron chi connectivity index (χ0n) is 10.5. The van der Waals surface area contributed by atoms with Gasteiger partial charge in [0.1, 0.15) is 11.3 Å². The second-order valence-electron chi connectivity index (χ2n) is 4.52. The van der Waals surface area contributed by atoms with E-state index in [4.69, 9.17) is 10.2 Å². The Morgan fingerprint density at radius 2 is 2.00 bits per heavy atom. The number of benzene rings is 2. The molecule has 4 rings (SSSR count). The molecule has 0 aliphatic carbocycles. The Morgan fingerprint density at radius 1 is 1.10 bits per heavy atom. The van der Waals surface area contributed by atoms with Gasteiger partial charge in [0, 0.05) is 10.8 Å². The lowest BCUT2D eigenvalue weighted by atomic mass is 10.1. The summed E-state index contributed by atoms with van der Waals surface area (Å²) in [6, 6.07) is 14.4. The Morgan fingerprint density at radius 3 is 2.85 bits per heavy atom. The molecule has 0 spiro atoms. The second kappa shape index (κ2) is 4.31. The van der Waals surface area contributed by atoms with Crippen LogP contribution in [0.25, 0.3) is 27.4 Å². The van der Waals surface area contributed by atoms with Gasteiger partial charge in [-0.3, -0.25) is 5.43 Å². The third-order valence-electron chi connectivity index (χ3n) is 3.28. The quantitative estimate of drug-likeness (QED) is 0.717. The Hall–Kier alpha value is -2.40. The highest BCUT2D eigenvalue weighted by Crippen LogP contribution is 2.31. The van der Waals surface area contributed by atoms with Gasteiger partial charge in [-0.05, 0) is 22.9 Å². The Balaban J connectivity index is 1.89. The Labute approximate surface area is 119 Å². The van der Waals surface area contributed by atoms with Crippen LogP contribution in [-0.2, 0) is 0 Å². The van der Waals surface area contributed by atoms with E-state index in [1.165, 1.54) is 22.5 Å². The third-order valence-corrected chi connectivity index (χ3v) is 3.96. The predicted molar refractivity (Wildman–Crippen MR) is 84.0 cm³/mol. The van der Waals surface area contributed by atoms with Crippen LogP contribution in [0, 0.1) is 0 Å². The number of nitrogens with one attached hydrogen (secondary N) is 1. The van der Waals surface area contributed by atoms with Gasteiger partial charge in [0.15, 0.2) is 10.9 Å². The van der Waals surface area contributed by atoms with Gasteiger partial charge in [-0.15, -0.1) is 0 Å². The van der Waals surface area contributed by atoms with E-state index in [2.05, 4.69) is 28.7 Å². The van der Waals surface area contributed by atoms with E-state index in [-0.39, 0.29) is 0 Å². The molecule has 0 amide bonds. The third kappa shape index (κ3) is 1.75. The molecular formula is C15H11N3OS. The van der Waals surface area contributed by atoms with Crippen LogP contribution in [0.5, 0.6) is 0 Å². The first-order chi connectivity index (χ1) is 9.81. The maximum atomic E-state index is 5.90. The first-order valence-electron chi connectivity index (χ1n) is 6.19. The van der Waals surface area contributed by atoms with Gasteiger partial charge in [-0.1, -0.05) is 42.1 Å². The highest BCUT2D eigenvalue weighted by Gasteiger charge is 2.13. The molecule has 0 radical (unpaired) electrons. The van der Waals surface area contributed by atoms with Gasteiger partial charge in [0.25, 0.3) is 0 Å². The minimum absolute atomic E-state index is 0.496. The summed E-state index contributed by atoms with van der Waals surface area (Å²) in [6.07, 6.45) is 0. The van der Waals surface area contributed by atoms with Crippen molar-refractivity contribution < 1.29 is 4.42 Å². The summed E-state index contributed by atoms with van der Waals surface area (Å²) in [7, 11) is 0. The van der Waals surface area contributed by atoms with Crippen LogP contribution in [0.3, 0.4) is 0 Å². The summed E-state index contributed by atoms with van der Waals surface area (Å²) in [6.45, 7) is 0. The van der Waals surface area contributed by atoms with Gasteiger partial charge in [0.2, 0.25) is 0 Å². The van der Waals surface area contributed by atoms with Crippen LogP contribution < -0.4 is 11.2 Å². The average Bonchev–Trinajstić information content (AvgIpc) is 2.92. The maximum absolute atomic E-state index is 5.90. The normalized spacial score (nSPS) is 15.0. The van der Waals surface area contributed by atoms with Crippen molar-refractivity contribution in [2.45, 2.75) is 0 Å².